The summed E-state index contributed by atoms with van der Waals surface area (Å²) in [7, 11) is 0. The molecule has 0 atom stereocenters. The van der Waals surface area contributed by atoms with Crippen LogP contribution in [0.1, 0.15) is 10.6 Å². The van der Waals surface area contributed by atoms with Gasteiger partial charge in [0.15, 0.2) is 5.13 Å². The Morgan fingerprint density at radius 1 is 1.21 bits per heavy atom. The van der Waals surface area contributed by atoms with E-state index in [4.69, 9.17) is 0 Å². The van der Waals surface area contributed by atoms with Crippen LogP contribution in [0.3, 0.4) is 0 Å². The average molecular weight is 431 g/mol. The minimum atomic E-state index is -0.279. The predicted octanol–water partition coefficient (Wildman–Crippen LogP) is 5.30. The number of nitrogens with zero attached hydrogens (tertiary/aromatic N) is 3. The number of fused-ring (bicyclic) bond motifs is 1. The maximum absolute atomic E-state index is 13.3. The molecule has 5 nitrogen and oxygen atoms in total. The molecular formula is C19H15FN4OS3. The van der Waals surface area contributed by atoms with Crippen LogP contribution >= 0.6 is 34.4 Å². The Labute approximate surface area is 173 Å². The van der Waals surface area contributed by atoms with Gasteiger partial charge in [0.2, 0.25) is 5.91 Å². The van der Waals surface area contributed by atoms with E-state index >= 15 is 0 Å². The Kier molecular flexibility index (Phi) is 5.38. The fourth-order valence-corrected chi connectivity index (χ4v) is 5.24. The van der Waals surface area contributed by atoms with E-state index in [9.17, 15) is 9.18 Å². The van der Waals surface area contributed by atoms with Crippen LogP contribution in [0.2, 0.25) is 0 Å². The summed E-state index contributed by atoms with van der Waals surface area (Å²) in [6, 6.07) is 6.33. The Hall–Kier alpha value is -2.36. The standard InChI is InChI=1S/C19H15FN4OS3/c1-10-11(2)28-19(23-10)24-15(25)8-27-18-16-14(7-26-17(16)21-9-22-18)12-3-5-13(20)6-4-12/h3-7,9H,8H2,1-2H3,(H,23,24,25). The van der Waals surface area contributed by atoms with Crippen molar-refractivity contribution in [2.24, 2.45) is 0 Å². The predicted molar refractivity (Wildman–Crippen MR) is 114 cm³/mol. The molecule has 142 valence electrons. The summed E-state index contributed by atoms with van der Waals surface area (Å²) in [5.74, 6) is -0.204. The number of hydrogen-bond donors (Lipinski definition) is 1. The number of rotatable bonds is 5. The second-order valence-electron chi connectivity index (χ2n) is 6.01. The topological polar surface area (TPSA) is 67.8 Å². The highest BCUT2D eigenvalue weighted by Crippen LogP contribution is 2.37. The number of aryl methyl sites for hydroxylation is 2. The molecule has 1 amide bonds. The number of benzene rings is 1. The van der Waals surface area contributed by atoms with Gasteiger partial charge in [-0.15, -0.1) is 22.7 Å². The molecule has 0 fully saturated rings. The van der Waals surface area contributed by atoms with Gasteiger partial charge in [-0.1, -0.05) is 23.9 Å². The minimum absolute atomic E-state index is 0.135. The van der Waals surface area contributed by atoms with Crippen molar-refractivity contribution in [1.29, 1.82) is 0 Å². The molecule has 0 saturated heterocycles. The van der Waals surface area contributed by atoms with Gasteiger partial charge in [-0.05, 0) is 31.5 Å². The number of thiophene rings is 1. The number of amides is 1. The highest BCUT2D eigenvalue weighted by Gasteiger charge is 2.15. The lowest BCUT2D eigenvalue weighted by atomic mass is 10.1. The number of halogens is 1. The molecule has 0 aliphatic rings. The largest absolute Gasteiger partial charge is 0.301 e. The third kappa shape index (κ3) is 3.91. The molecule has 4 aromatic rings. The van der Waals surface area contributed by atoms with Crippen molar-refractivity contribution in [3.63, 3.8) is 0 Å². The molecule has 0 aliphatic heterocycles. The molecular weight excluding hydrogens is 415 g/mol. The summed E-state index contributed by atoms with van der Waals surface area (Å²) in [5, 5.41) is 7.04. The van der Waals surface area contributed by atoms with Crippen LogP contribution in [0.25, 0.3) is 21.3 Å². The van der Waals surface area contributed by atoms with E-state index < -0.39 is 0 Å². The minimum Gasteiger partial charge on any atom is -0.301 e. The molecule has 0 spiro atoms. The smallest absolute Gasteiger partial charge is 0.236 e. The van der Waals surface area contributed by atoms with Gasteiger partial charge < -0.3 is 5.32 Å². The first kappa shape index (κ1) is 19.0. The van der Waals surface area contributed by atoms with Crippen molar-refractivity contribution in [2.45, 2.75) is 18.9 Å². The van der Waals surface area contributed by atoms with Crippen LogP contribution in [-0.4, -0.2) is 26.6 Å². The molecule has 4 rings (SSSR count). The number of carbonyl (C=O) groups excluding carboxylic acids is 1. The zero-order valence-electron chi connectivity index (χ0n) is 15.0. The third-order valence-electron chi connectivity index (χ3n) is 4.11. The third-order valence-corrected chi connectivity index (χ3v) is 6.97. The maximum Gasteiger partial charge on any atom is 0.236 e. The van der Waals surface area contributed by atoms with E-state index in [-0.39, 0.29) is 17.5 Å². The highest BCUT2D eigenvalue weighted by atomic mass is 32.2. The quantitative estimate of drug-likeness (QED) is 0.344. The first-order valence-corrected chi connectivity index (χ1v) is 11.0. The number of nitrogens with one attached hydrogen (secondary N) is 1. The second kappa shape index (κ2) is 7.94. The van der Waals surface area contributed by atoms with Crippen LogP contribution in [0.15, 0.2) is 41.0 Å². The van der Waals surface area contributed by atoms with Crippen LogP contribution in [-0.2, 0) is 4.79 Å². The number of thioether (sulfide) groups is 1. The summed E-state index contributed by atoms with van der Waals surface area (Å²) < 4.78 is 13.3. The number of aromatic nitrogens is 3. The number of carbonyl (C=O) groups is 1. The molecule has 1 N–H and O–H groups in total. The van der Waals surface area contributed by atoms with Gasteiger partial charge in [-0.3, -0.25) is 4.79 Å². The SMILES string of the molecule is Cc1nc(NC(=O)CSc2ncnc3scc(-c4ccc(F)cc4)c23)sc1C. The molecule has 3 aromatic heterocycles. The number of anilines is 1. The van der Waals surface area contributed by atoms with E-state index in [0.29, 0.717) is 5.13 Å². The summed E-state index contributed by atoms with van der Waals surface area (Å²) in [6.45, 7) is 3.89. The molecule has 28 heavy (non-hydrogen) atoms. The zero-order chi connectivity index (χ0) is 19.7. The molecule has 9 heteroatoms. The van der Waals surface area contributed by atoms with Crippen molar-refractivity contribution in [1.82, 2.24) is 15.0 Å². The molecule has 0 radical (unpaired) electrons. The first-order chi connectivity index (χ1) is 13.5. The molecule has 0 aliphatic carbocycles. The molecule has 0 saturated carbocycles. The van der Waals surface area contributed by atoms with Gasteiger partial charge >= 0.3 is 0 Å². The molecule has 3 heterocycles. The lowest BCUT2D eigenvalue weighted by Crippen LogP contribution is -2.14. The summed E-state index contributed by atoms with van der Waals surface area (Å²) >= 11 is 4.31. The van der Waals surface area contributed by atoms with Gasteiger partial charge in [-0.2, -0.15) is 0 Å². The van der Waals surface area contributed by atoms with E-state index in [1.807, 2.05) is 19.2 Å². The normalized spacial score (nSPS) is 11.1. The van der Waals surface area contributed by atoms with E-state index in [2.05, 4.69) is 20.3 Å². The average Bonchev–Trinajstić information content (AvgIpc) is 3.24. The van der Waals surface area contributed by atoms with Crippen molar-refractivity contribution in [3.8, 4) is 11.1 Å². The van der Waals surface area contributed by atoms with E-state index in [0.717, 1.165) is 36.9 Å². The molecule has 0 unspecified atom stereocenters. The van der Waals surface area contributed by atoms with Gasteiger partial charge in [0.05, 0.1) is 16.8 Å². The van der Waals surface area contributed by atoms with Gasteiger partial charge in [0.1, 0.15) is 22.0 Å². The summed E-state index contributed by atoms with van der Waals surface area (Å²) in [4.78, 5) is 27.3. The summed E-state index contributed by atoms with van der Waals surface area (Å²) in [5.41, 5.74) is 2.75. The summed E-state index contributed by atoms with van der Waals surface area (Å²) in [6.07, 6.45) is 1.50. The Morgan fingerprint density at radius 3 is 2.71 bits per heavy atom. The van der Waals surface area contributed by atoms with Crippen LogP contribution < -0.4 is 5.32 Å². The van der Waals surface area contributed by atoms with E-state index in [1.54, 1.807) is 12.1 Å². The fraction of sp³-hybridized carbons (Fsp3) is 0.158. The van der Waals surface area contributed by atoms with Crippen molar-refractivity contribution >= 4 is 55.7 Å². The van der Waals surface area contributed by atoms with Crippen LogP contribution in [0, 0.1) is 19.7 Å². The number of thiazole rings is 1. The second-order valence-corrected chi connectivity index (χ2v) is 9.04. The number of hydrogen-bond acceptors (Lipinski definition) is 7. The van der Waals surface area contributed by atoms with Gasteiger partial charge in [0.25, 0.3) is 0 Å². The van der Waals surface area contributed by atoms with Crippen LogP contribution in [0.4, 0.5) is 9.52 Å². The van der Waals surface area contributed by atoms with Crippen molar-refractivity contribution < 1.29 is 9.18 Å². The van der Waals surface area contributed by atoms with Gasteiger partial charge in [-0.25, -0.2) is 19.3 Å². The lowest BCUT2D eigenvalue weighted by Gasteiger charge is -2.05. The van der Waals surface area contributed by atoms with Crippen molar-refractivity contribution in [3.05, 3.63) is 52.4 Å². The maximum atomic E-state index is 13.3. The van der Waals surface area contributed by atoms with Crippen LogP contribution in [0.5, 0.6) is 0 Å². The van der Waals surface area contributed by atoms with Gasteiger partial charge in [0, 0.05) is 15.8 Å². The lowest BCUT2D eigenvalue weighted by molar-refractivity contribution is -0.113. The first-order valence-electron chi connectivity index (χ1n) is 8.36. The highest BCUT2D eigenvalue weighted by molar-refractivity contribution is 8.00. The van der Waals surface area contributed by atoms with E-state index in [1.165, 1.54) is 52.9 Å². The Bertz CT molecular complexity index is 1130. The fourth-order valence-electron chi connectivity index (χ4n) is 2.61. The Balaban J connectivity index is 1.56. The zero-order valence-corrected chi connectivity index (χ0v) is 17.5. The molecule has 1 aromatic carbocycles. The van der Waals surface area contributed by atoms with Crippen molar-refractivity contribution in [2.75, 3.05) is 11.1 Å². The monoisotopic (exact) mass is 430 g/mol. The Morgan fingerprint density at radius 2 is 2.00 bits per heavy atom. The molecule has 0 bridgehead atoms.